The molecule has 0 unspecified atom stereocenters. The molecular weight excluding hydrogens is 515 g/mol. The minimum absolute atomic E-state index is 0.197. The van der Waals surface area contributed by atoms with Crippen LogP contribution in [0.1, 0.15) is 41.5 Å². The van der Waals surface area contributed by atoms with Crippen LogP contribution in [0.25, 0.3) is 0 Å². The molecule has 0 bridgehead atoms. The average Bonchev–Trinajstić information content (AvgIpc) is 2.60. The zero-order chi connectivity index (χ0) is 22.5. The first-order valence-corrected chi connectivity index (χ1v) is 12.9. The molecule has 0 aromatic heterocycles. The number of benzene rings is 1. The van der Waals surface area contributed by atoms with Crippen molar-refractivity contribution in [2.45, 2.75) is 62.4 Å². The third kappa shape index (κ3) is 8.12. The second kappa shape index (κ2) is 10.4. The second-order valence-corrected chi connectivity index (χ2v) is 13.1. The van der Waals surface area contributed by atoms with Gasteiger partial charge in [0.25, 0.3) is 0 Å². The summed E-state index contributed by atoms with van der Waals surface area (Å²) < 4.78 is 12.1. The van der Waals surface area contributed by atoms with Crippen LogP contribution in [0.3, 0.4) is 0 Å². The zero-order valence-corrected chi connectivity index (χ0v) is 21.8. The van der Waals surface area contributed by atoms with Gasteiger partial charge >= 0.3 is 195 Å². The molecule has 0 spiro atoms. The van der Waals surface area contributed by atoms with Crippen molar-refractivity contribution in [3.05, 3.63) is 30.3 Å². The van der Waals surface area contributed by atoms with E-state index in [2.05, 4.69) is 50.8 Å². The number of halogens is 1. The van der Waals surface area contributed by atoms with Gasteiger partial charge in [-0.25, -0.2) is 0 Å². The van der Waals surface area contributed by atoms with Crippen molar-refractivity contribution in [2.75, 3.05) is 13.1 Å². The molecule has 1 saturated carbocycles. The van der Waals surface area contributed by atoms with E-state index in [0.717, 1.165) is 0 Å². The summed E-state index contributed by atoms with van der Waals surface area (Å²) in [6, 6.07) is 10.4. The molecule has 1 aromatic carbocycles. The van der Waals surface area contributed by atoms with E-state index in [0.29, 0.717) is 17.9 Å². The number of rotatable bonds is 6. The van der Waals surface area contributed by atoms with Gasteiger partial charge in [0.1, 0.15) is 0 Å². The van der Waals surface area contributed by atoms with Gasteiger partial charge in [-0.1, -0.05) is 0 Å². The van der Waals surface area contributed by atoms with Gasteiger partial charge in [0.05, 0.1) is 0 Å². The molecule has 2 N–H and O–H groups in total. The fourth-order valence-electron chi connectivity index (χ4n) is 3.18. The number of carbonyl (C=O) groups excluding carboxylic acids is 2. The Morgan fingerprint density at radius 1 is 0.900 bits per heavy atom. The van der Waals surface area contributed by atoms with Crippen LogP contribution in [0.5, 0.6) is 0 Å². The van der Waals surface area contributed by atoms with Crippen molar-refractivity contribution in [1.29, 1.82) is 0 Å². The zero-order valence-electron chi connectivity index (χ0n) is 18.5. The Bertz CT molecular complexity index is 718. The van der Waals surface area contributed by atoms with E-state index >= 15 is 0 Å². The molecule has 0 aliphatic heterocycles. The summed E-state index contributed by atoms with van der Waals surface area (Å²) in [6.45, 7) is 12.1. The van der Waals surface area contributed by atoms with Gasteiger partial charge in [0.2, 0.25) is 0 Å². The third-order valence-corrected chi connectivity index (χ3v) is 9.57. The first-order valence-electron chi connectivity index (χ1n) is 10.2. The molecule has 8 heteroatoms. The number of nitrogens with one attached hydrogen (secondary N) is 2. The fraction of sp³-hybridized carbons (Fsp3) is 0.636. The predicted octanol–water partition coefficient (Wildman–Crippen LogP) is 3.86. The fourth-order valence-corrected chi connectivity index (χ4v) is 7.72. The molecular formula is C22H33BrN2O4Se. The SMILES string of the molecule is CC(C)(C)OC(=O)NC[C@H]1[C@@H](Br)[C@H]([Se]c2ccccc2)[C@H]1CNC(=O)OC(C)(C)C. The molecule has 1 fully saturated rings. The maximum atomic E-state index is 12.1. The van der Waals surface area contributed by atoms with Crippen molar-refractivity contribution in [1.82, 2.24) is 10.6 Å². The molecule has 1 aromatic rings. The maximum absolute atomic E-state index is 12.1. The van der Waals surface area contributed by atoms with Crippen molar-refractivity contribution < 1.29 is 19.1 Å². The number of ether oxygens (including phenoxy) is 2. The van der Waals surface area contributed by atoms with Gasteiger partial charge in [-0.3, -0.25) is 0 Å². The molecule has 1 aliphatic rings. The molecule has 1 aliphatic carbocycles. The summed E-state index contributed by atoms with van der Waals surface area (Å²) >= 11 is 4.09. The van der Waals surface area contributed by atoms with Gasteiger partial charge in [0, 0.05) is 0 Å². The Hall–Kier alpha value is -1.24. The topological polar surface area (TPSA) is 76.7 Å². The molecule has 2 amide bonds. The molecule has 0 heterocycles. The quantitative estimate of drug-likeness (QED) is 0.419. The van der Waals surface area contributed by atoms with Gasteiger partial charge < -0.3 is 0 Å². The van der Waals surface area contributed by atoms with Crippen LogP contribution in [0.2, 0.25) is 4.82 Å². The third-order valence-electron chi connectivity index (χ3n) is 4.47. The Morgan fingerprint density at radius 3 is 1.83 bits per heavy atom. The van der Waals surface area contributed by atoms with E-state index in [4.69, 9.17) is 9.47 Å². The van der Waals surface area contributed by atoms with Crippen LogP contribution in [0.4, 0.5) is 9.59 Å². The molecule has 2 rings (SSSR count). The number of alkyl halides is 1. The second-order valence-electron chi connectivity index (χ2n) is 9.43. The molecule has 0 radical (unpaired) electrons. The molecule has 30 heavy (non-hydrogen) atoms. The number of alkyl carbamates (subject to hydrolysis) is 2. The summed E-state index contributed by atoms with van der Waals surface area (Å²) in [4.78, 5) is 24.9. The standard InChI is InChI=1S/C22H33BrN2O4Se/c1-21(2,3)28-19(26)24-12-15-16(13-25-20(27)29-22(4,5)6)18(17(15)23)30-14-10-8-7-9-11-14/h7-11,15-18H,12-13H2,1-6H3,(H,24,26)(H,25,27)/t15-,16+,17-,18-/m1/s1. The summed E-state index contributed by atoms with van der Waals surface area (Å²) in [5, 5.41) is 5.80. The van der Waals surface area contributed by atoms with Crippen molar-refractivity contribution in [3.63, 3.8) is 0 Å². The Balaban J connectivity index is 1.99. The Kier molecular flexibility index (Phi) is 8.66. The van der Waals surface area contributed by atoms with E-state index in [9.17, 15) is 9.59 Å². The first-order chi connectivity index (χ1) is 13.9. The van der Waals surface area contributed by atoms with Gasteiger partial charge in [-0.15, -0.1) is 0 Å². The average molecular weight is 548 g/mol. The van der Waals surface area contributed by atoms with Crippen LogP contribution < -0.4 is 15.1 Å². The van der Waals surface area contributed by atoms with Crippen LogP contribution >= 0.6 is 15.9 Å². The number of amides is 2. The molecule has 4 atom stereocenters. The summed E-state index contributed by atoms with van der Waals surface area (Å²) in [5.41, 5.74) is -1.07. The van der Waals surface area contributed by atoms with Crippen molar-refractivity contribution >= 4 is 47.5 Å². The van der Waals surface area contributed by atoms with Gasteiger partial charge in [-0.2, -0.15) is 0 Å². The normalized spacial score (nSPS) is 23.8. The number of hydrogen-bond acceptors (Lipinski definition) is 4. The first kappa shape index (κ1) is 25.0. The van der Waals surface area contributed by atoms with E-state index in [-0.39, 0.29) is 31.6 Å². The van der Waals surface area contributed by atoms with E-state index in [1.54, 1.807) is 0 Å². The van der Waals surface area contributed by atoms with Gasteiger partial charge in [-0.05, 0) is 0 Å². The summed E-state index contributed by atoms with van der Waals surface area (Å²) in [5.74, 6) is 0.431. The van der Waals surface area contributed by atoms with Crippen LogP contribution in [-0.4, -0.2) is 56.3 Å². The van der Waals surface area contributed by atoms with Crippen LogP contribution in [0.15, 0.2) is 30.3 Å². The van der Waals surface area contributed by atoms with Crippen molar-refractivity contribution in [2.24, 2.45) is 11.8 Å². The van der Waals surface area contributed by atoms with Crippen molar-refractivity contribution in [3.8, 4) is 0 Å². The van der Waals surface area contributed by atoms with Crippen LogP contribution in [0, 0.1) is 11.8 Å². The van der Waals surface area contributed by atoms with Gasteiger partial charge in [0.15, 0.2) is 0 Å². The summed E-state index contributed by atoms with van der Waals surface area (Å²) in [7, 11) is 0. The van der Waals surface area contributed by atoms with E-state index in [1.165, 1.54) is 4.46 Å². The predicted molar refractivity (Wildman–Crippen MR) is 124 cm³/mol. The minimum atomic E-state index is -0.535. The molecule has 6 nitrogen and oxygen atoms in total. The van der Waals surface area contributed by atoms with Crippen LogP contribution in [-0.2, 0) is 9.47 Å². The Morgan fingerprint density at radius 2 is 1.37 bits per heavy atom. The number of hydrogen-bond donors (Lipinski definition) is 2. The molecule has 168 valence electrons. The molecule has 0 saturated heterocycles. The number of carbonyl (C=O) groups is 2. The van der Waals surface area contributed by atoms with E-state index in [1.807, 2.05) is 47.6 Å². The summed E-state index contributed by atoms with van der Waals surface area (Å²) in [6.07, 6.45) is -0.830. The monoisotopic (exact) mass is 548 g/mol. The van der Waals surface area contributed by atoms with E-state index < -0.39 is 23.4 Å². The Labute approximate surface area is 194 Å².